The molecule has 7 heteroatoms. The lowest BCUT2D eigenvalue weighted by molar-refractivity contribution is 0.602. The van der Waals surface area contributed by atoms with E-state index in [1.165, 1.54) is 17.7 Å². The Hall–Kier alpha value is -1.86. The third-order valence-electron chi connectivity index (χ3n) is 2.56. The summed E-state index contributed by atoms with van der Waals surface area (Å²) in [5.41, 5.74) is 1.69. The summed E-state index contributed by atoms with van der Waals surface area (Å²) in [4.78, 5) is 4.93. The van der Waals surface area contributed by atoms with E-state index in [1.54, 1.807) is 30.3 Å². The van der Waals surface area contributed by atoms with E-state index in [-0.39, 0.29) is 0 Å². The van der Waals surface area contributed by atoms with Crippen molar-refractivity contribution in [2.24, 2.45) is 0 Å². The zero-order valence-corrected chi connectivity index (χ0v) is 11.6. The summed E-state index contributed by atoms with van der Waals surface area (Å²) in [5.74, 6) is 0. The minimum absolute atomic E-state index is 0.294. The van der Waals surface area contributed by atoms with Crippen LogP contribution in [0.15, 0.2) is 45.4 Å². The predicted molar refractivity (Wildman–Crippen MR) is 73.9 cm³/mol. The van der Waals surface area contributed by atoms with Gasteiger partial charge in [-0.3, -0.25) is 4.72 Å². The van der Waals surface area contributed by atoms with Crippen LogP contribution >= 0.6 is 11.3 Å². The number of hydrogen-bond acceptors (Lipinski definition) is 5. The summed E-state index contributed by atoms with van der Waals surface area (Å²) in [7, 11) is -3.54. The number of rotatable bonds is 3. The zero-order valence-electron chi connectivity index (χ0n) is 9.95. The van der Waals surface area contributed by atoms with E-state index in [0.717, 1.165) is 4.88 Å². The number of nitrogens with zero attached hydrogens (tertiary/aromatic N) is 1. The zero-order chi connectivity index (χ0) is 13.5. The van der Waals surface area contributed by atoms with Crippen molar-refractivity contribution in [2.75, 3.05) is 4.72 Å². The van der Waals surface area contributed by atoms with Gasteiger partial charge in [-0.15, -0.1) is 11.3 Å². The molecule has 98 valence electrons. The fourth-order valence-electron chi connectivity index (χ4n) is 1.68. The highest BCUT2D eigenvalue weighted by atomic mass is 32.2. The van der Waals surface area contributed by atoms with Crippen LogP contribution in [0.2, 0.25) is 0 Å². The lowest BCUT2D eigenvalue weighted by Gasteiger charge is -2.05. The number of benzene rings is 1. The molecular weight excluding hydrogens is 284 g/mol. The van der Waals surface area contributed by atoms with Crippen LogP contribution in [-0.4, -0.2) is 13.4 Å². The maximum atomic E-state index is 12.1. The van der Waals surface area contributed by atoms with Gasteiger partial charge in [-0.2, -0.15) is 0 Å². The molecule has 0 aliphatic heterocycles. The number of hydrogen-bond donors (Lipinski definition) is 1. The van der Waals surface area contributed by atoms with E-state index >= 15 is 0 Å². The first kappa shape index (κ1) is 12.2. The Morgan fingerprint density at radius 3 is 2.84 bits per heavy atom. The molecule has 0 bridgehead atoms. The molecule has 0 saturated heterocycles. The standard InChI is InChI=1S/C12H10N2O3S2/c1-8-2-5-12(18-8)19(15,16)14-9-3-4-10-11(6-9)17-7-13-10/h2-7,14H,1H3. The van der Waals surface area contributed by atoms with Gasteiger partial charge in [-0.25, -0.2) is 13.4 Å². The van der Waals surface area contributed by atoms with E-state index in [9.17, 15) is 8.42 Å². The number of nitrogens with one attached hydrogen (secondary N) is 1. The van der Waals surface area contributed by atoms with Gasteiger partial charge in [0.25, 0.3) is 10.0 Å². The second kappa shape index (κ2) is 4.36. The molecule has 0 amide bonds. The lowest BCUT2D eigenvalue weighted by atomic mass is 10.3. The molecule has 0 spiro atoms. The third-order valence-corrected chi connectivity index (χ3v) is 5.44. The van der Waals surface area contributed by atoms with Crippen molar-refractivity contribution < 1.29 is 12.8 Å². The summed E-state index contributed by atoms with van der Waals surface area (Å²) in [6.07, 6.45) is 1.32. The van der Waals surface area contributed by atoms with Crippen molar-refractivity contribution in [3.8, 4) is 0 Å². The Morgan fingerprint density at radius 2 is 2.11 bits per heavy atom. The quantitative estimate of drug-likeness (QED) is 0.806. The number of sulfonamides is 1. The van der Waals surface area contributed by atoms with Crippen LogP contribution in [0.25, 0.3) is 11.1 Å². The summed E-state index contributed by atoms with van der Waals surface area (Å²) < 4.78 is 32.2. The number of thiophene rings is 1. The van der Waals surface area contributed by atoms with Crippen LogP contribution in [0.5, 0.6) is 0 Å². The van der Waals surface area contributed by atoms with E-state index in [1.807, 2.05) is 6.92 Å². The Kier molecular flexibility index (Phi) is 2.79. The van der Waals surface area contributed by atoms with Gasteiger partial charge in [0.15, 0.2) is 12.0 Å². The fraction of sp³-hybridized carbons (Fsp3) is 0.0833. The molecule has 0 saturated carbocycles. The van der Waals surface area contributed by atoms with Crippen LogP contribution < -0.4 is 4.72 Å². The molecule has 3 aromatic rings. The van der Waals surface area contributed by atoms with Gasteiger partial charge >= 0.3 is 0 Å². The highest BCUT2D eigenvalue weighted by Crippen LogP contribution is 2.25. The SMILES string of the molecule is Cc1ccc(S(=O)(=O)Nc2ccc3ncoc3c2)s1. The lowest BCUT2D eigenvalue weighted by Crippen LogP contribution is -2.11. The van der Waals surface area contributed by atoms with Crippen LogP contribution in [0, 0.1) is 6.92 Å². The molecule has 2 heterocycles. The molecule has 0 radical (unpaired) electrons. The third kappa shape index (κ3) is 2.34. The number of aromatic nitrogens is 1. The van der Waals surface area contributed by atoms with Crippen molar-refractivity contribution >= 4 is 38.1 Å². The Morgan fingerprint density at radius 1 is 1.26 bits per heavy atom. The molecule has 0 aliphatic rings. The van der Waals surface area contributed by atoms with Gasteiger partial charge in [-0.05, 0) is 31.2 Å². The summed E-state index contributed by atoms with van der Waals surface area (Å²) in [5, 5.41) is 0. The van der Waals surface area contributed by atoms with Crippen molar-refractivity contribution in [2.45, 2.75) is 11.1 Å². The molecule has 1 N–H and O–H groups in total. The topological polar surface area (TPSA) is 72.2 Å². The molecule has 0 unspecified atom stereocenters. The molecule has 0 fully saturated rings. The van der Waals surface area contributed by atoms with Crippen molar-refractivity contribution in [3.05, 3.63) is 41.6 Å². The predicted octanol–water partition coefficient (Wildman–Crippen LogP) is 3.00. The second-order valence-corrected chi connectivity index (χ2v) is 7.20. The van der Waals surface area contributed by atoms with Crippen molar-refractivity contribution in [3.63, 3.8) is 0 Å². The molecule has 3 rings (SSSR count). The van der Waals surface area contributed by atoms with E-state index in [2.05, 4.69) is 9.71 Å². The molecule has 0 atom stereocenters. The number of anilines is 1. The van der Waals surface area contributed by atoms with Gasteiger partial charge in [0, 0.05) is 10.9 Å². The van der Waals surface area contributed by atoms with Gasteiger partial charge in [-0.1, -0.05) is 0 Å². The van der Waals surface area contributed by atoms with Crippen molar-refractivity contribution in [1.82, 2.24) is 4.98 Å². The number of aryl methyl sites for hydroxylation is 1. The Bertz CT molecular complexity index is 833. The smallest absolute Gasteiger partial charge is 0.271 e. The molecular formula is C12H10N2O3S2. The van der Waals surface area contributed by atoms with Gasteiger partial charge in [0.1, 0.15) is 9.73 Å². The Balaban J connectivity index is 1.95. The number of oxazole rings is 1. The van der Waals surface area contributed by atoms with E-state index < -0.39 is 10.0 Å². The van der Waals surface area contributed by atoms with E-state index in [4.69, 9.17) is 4.42 Å². The van der Waals surface area contributed by atoms with E-state index in [0.29, 0.717) is 21.0 Å². The average Bonchev–Trinajstić information content (AvgIpc) is 2.96. The first-order valence-corrected chi connectivity index (χ1v) is 7.77. The first-order chi connectivity index (χ1) is 9.04. The highest BCUT2D eigenvalue weighted by Gasteiger charge is 2.16. The molecule has 1 aromatic carbocycles. The van der Waals surface area contributed by atoms with Crippen LogP contribution in [0.3, 0.4) is 0 Å². The minimum Gasteiger partial charge on any atom is -0.443 e. The minimum atomic E-state index is -3.54. The summed E-state index contributed by atoms with van der Waals surface area (Å²) in [6, 6.07) is 8.34. The van der Waals surface area contributed by atoms with Crippen LogP contribution in [0.1, 0.15) is 4.88 Å². The maximum absolute atomic E-state index is 12.1. The molecule has 2 aromatic heterocycles. The molecule has 5 nitrogen and oxygen atoms in total. The Labute approximate surface area is 114 Å². The van der Waals surface area contributed by atoms with Gasteiger partial charge in [0.2, 0.25) is 0 Å². The second-order valence-electron chi connectivity index (χ2n) is 4.01. The largest absolute Gasteiger partial charge is 0.443 e. The average molecular weight is 294 g/mol. The normalized spacial score (nSPS) is 11.8. The van der Waals surface area contributed by atoms with Crippen LogP contribution in [-0.2, 0) is 10.0 Å². The summed E-state index contributed by atoms with van der Waals surface area (Å²) in [6.45, 7) is 1.87. The summed E-state index contributed by atoms with van der Waals surface area (Å²) >= 11 is 1.23. The maximum Gasteiger partial charge on any atom is 0.271 e. The fourth-order valence-corrected chi connectivity index (χ4v) is 4.01. The molecule has 0 aliphatic carbocycles. The van der Waals surface area contributed by atoms with Gasteiger partial charge < -0.3 is 4.42 Å². The highest BCUT2D eigenvalue weighted by molar-refractivity contribution is 7.94. The van der Waals surface area contributed by atoms with Crippen molar-refractivity contribution in [1.29, 1.82) is 0 Å². The number of fused-ring (bicyclic) bond motifs is 1. The first-order valence-electron chi connectivity index (χ1n) is 5.47. The molecule has 19 heavy (non-hydrogen) atoms. The monoisotopic (exact) mass is 294 g/mol. The van der Waals surface area contributed by atoms with Gasteiger partial charge in [0.05, 0.1) is 5.69 Å². The van der Waals surface area contributed by atoms with Crippen LogP contribution in [0.4, 0.5) is 5.69 Å².